The quantitative estimate of drug-likeness (QED) is 0.895. The average molecular weight is 261 g/mol. The van der Waals surface area contributed by atoms with Crippen LogP contribution in [0.25, 0.3) is 0 Å². The monoisotopic (exact) mass is 261 g/mol. The molecule has 1 atom stereocenters. The molecule has 2 aromatic rings. The lowest BCUT2D eigenvalue weighted by Crippen LogP contribution is -2.05. The largest absolute Gasteiger partial charge is 0.485 e. The predicted molar refractivity (Wildman–Crippen MR) is 71.8 cm³/mol. The van der Waals surface area contributed by atoms with Crippen molar-refractivity contribution in [2.45, 2.75) is 39.3 Å². The molecule has 102 valence electrons. The third-order valence-corrected chi connectivity index (χ3v) is 2.73. The molecule has 0 spiro atoms. The molecule has 1 aromatic heterocycles. The number of rotatable bonds is 5. The molecule has 0 aliphatic heterocycles. The number of benzene rings is 1. The highest BCUT2D eigenvalue weighted by molar-refractivity contribution is 5.30. The van der Waals surface area contributed by atoms with E-state index in [2.05, 4.69) is 10.1 Å². The van der Waals surface area contributed by atoms with Crippen LogP contribution in [0.15, 0.2) is 28.8 Å². The Kier molecular flexibility index (Phi) is 4.16. The fourth-order valence-corrected chi connectivity index (χ4v) is 1.60. The van der Waals surface area contributed by atoms with Gasteiger partial charge in [-0.3, -0.25) is 0 Å². The lowest BCUT2D eigenvalue weighted by atomic mass is 10.1. The molecule has 2 rings (SSSR count). The third kappa shape index (κ3) is 3.54. The SMILES string of the molecule is CC(C)c1nc(COc2cccc([C@H](C)N)c2)no1. The van der Waals surface area contributed by atoms with Crippen LogP contribution in [0.4, 0.5) is 0 Å². The predicted octanol–water partition coefficient (Wildman–Crippen LogP) is 2.79. The van der Waals surface area contributed by atoms with Gasteiger partial charge < -0.3 is 15.0 Å². The zero-order chi connectivity index (χ0) is 13.8. The van der Waals surface area contributed by atoms with E-state index in [9.17, 15) is 0 Å². The number of nitrogens with zero attached hydrogens (tertiary/aromatic N) is 2. The van der Waals surface area contributed by atoms with Crippen LogP contribution < -0.4 is 10.5 Å². The van der Waals surface area contributed by atoms with Gasteiger partial charge in [0.2, 0.25) is 11.7 Å². The number of nitrogens with two attached hydrogens (primary N) is 1. The smallest absolute Gasteiger partial charge is 0.229 e. The zero-order valence-corrected chi connectivity index (χ0v) is 11.5. The highest BCUT2D eigenvalue weighted by atomic mass is 16.5. The third-order valence-electron chi connectivity index (χ3n) is 2.73. The molecule has 0 saturated carbocycles. The summed E-state index contributed by atoms with van der Waals surface area (Å²) < 4.78 is 10.8. The van der Waals surface area contributed by atoms with Crippen LogP contribution in [-0.2, 0) is 6.61 Å². The molecule has 2 N–H and O–H groups in total. The fourth-order valence-electron chi connectivity index (χ4n) is 1.60. The molecule has 0 amide bonds. The van der Waals surface area contributed by atoms with Crippen LogP contribution in [0.3, 0.4) is 0 Å². The van der Waals surface area contributed by atoms with Crippen LogP contribution in [0.5, 0.6) is 5.75 Å². The summed E-state index contributed by atoms with van der Waals surface area (Å²) in [6.07, 6.45) is 0. The number of ether oxygens (including phenoxy) is 1. The number of hydrogen-bond donors (Lipinski definition) is 1. The van der Waals surface area contributed by atoms with Crippen LogP contribution in [0.2, 0.25) is 0 Å². The van der Waals surface area contributed by atoms with Crippen molar-refractivity contribution in [2.24, 2.45) is 5.73 Å². The fraction of sp³-hybridized carbons (Fsp3) is 0.429. The summed E-state index contributed by atoms with van der Waals surface area (Å²) in [5.74, 6) is 2.16. The highest BCUT2D eigenvalue weighted by Crippen LogP contribution is 2.18. The molecule has 0 saturated heterocycles. The minimum Gasteiger partial charge on any atom is -0.485 e. The average Bonchev–Trinajstić information content (AvgIpc) is 2.85. The first kappa shape index (κ1) is 13.5. The van der Waals surface area contributed by atoms with Crippen molar-refractivity contribution in [3.8, 4) is 5.75 Å². The van der Waals surface area contributed by atoms with Crippen molar-refractivity contribution in [3.63, 3.8) is 0 Å². The van der Waals surface area contributed by atoms with Crippen LogP contribution in [0, 0.1) is 0 Å². The molecule has 5 heteroatoms. The molecule has 5 nitrogen and oxygen atoms in total. The first-order valence-corrected chi connectivity index (χ1v) is 6.37. The second-order valence-corrected chi connectivity index (χ2v) is 4.85. The van der Waals surface area contributed by atoms with E-state index in [1.165, 1.54) is 0 Å². The first-order valence-electron chi connectivity index (χ1n) is 6.37. The van der Waals surface area contributed by atoms with Crippen molar-refractivity contribution in [1.29, 1.82) is 0 Å². The van der Waals surface area contributed by atoms with E-state index < -0.39 is 0 Å². The second-order valence-electron chi connectivity index (χ2n) is 4.85. The van der Waals surface area contributed by atoms with Crippen LogP contribution in [-0.4, -0.2) is 10.1 Å². The molecule has 0 aliphatic rings. The van der Waals surface area contributed by atoms with Crippen molar-refractivity contribution >= 4 is 0 Å². The van der Waals surface area contributed by atoms with Gasteiger partial charge in [0, 0.05) is 12.0 Å². The Hall–Kier alpha value is -1.88. The van der Waals surface area contributed by atoms with Gasteiger partial charge in [-0.05, 0) is 24.6 Å². The van der Waals surface area contributed by atoms with Gasteiger partial charge in [0.25, 0.3) is 0 Å². The van der Waals surface area contributed by atoms with E-state index in [0.717, 1.165) is 11.3 Å². The number of aromatic nitrogens is 2. The Bertz CT molecular complexity index is 535. The summed E-state index contributed by atoms with van der Waals surface area (Å²) in [4.78, 5) is 4.25. The molecule has 0 unspecified atom stereocenters. The van der Waals surface area contributed by atoms with Gasteiger partial charge in [0.05, 0.1) is 0 Å². The van der Waals surface area contributed by atoms with E-state index in [-0.39, 0.29) is 12.0 Å². The van der Waals surface area contributed by atoms with E-state index in [1.807, 2.05) is 45.0 Å². The van der Waals surface area contributed by atoms with Crippen LogP contribution >= 0.6 is 0 Å². The first-order chi connectivity index (χ1) is 9.06. The van der Waals surface area contributed by atoms with Gasteiger partial charge >= 0.3 is 0 Å². The van der Waals surface area contributed by atoms with E-state index in [0.29, 0.717) is 18.3 Å². The summed E-state index contributed by atoms with van der Waals surface area (Å²) in [6, 6.07) is 7.69. The topological polar surface area (TPSA) is 74.2 Å². The van der Waals surface area contributed by atoms with Crippen molar-refractivity contribution in [3.05, 3.63) is 41.5 Å². The second kappa shape index (κ2) is 5.84. The Balaban J connectivity index is 1.99. The van der Waals surface area contributed by atoms with Crippen molar-refractivity contribution in [1.82, 2.24) is 10.1 Å². The molecule has 0 radical (unpaired) electrons. The molecular weight excluding hydrogens is 242 g/mol. The van der Waals surface area contributed by atoms with Gasteiger partial charge in [-0.25, -0.2) is 0 Å². The van der Waals surface area contributed by atoms with E-state index >= 15 is 0 Å². The number of hydrogen-bond acceptors (Lipinski definition) is 5. The normalized spacial score (nSPS) is 12.7. The Morgan fingerprint density at radius 1 is 1.32 bits per heavy atom. The summed E-state index contributed by atoms with van der Waals surface area (Å²) in [5.41, 5.74) is 6.87. The Labute approximate surface area is 112 Å². The van der Waals surface area contributed by atoms with Gasteiger partial charge in [-0.2, -0.15) is 4.98 Å². The van der Waals surface area contributed by atoms with Crippen molar-refractivity contribution < 1.29 is 9.26 Å². The van der Waals surface area contributed by atoms with Gasteiger partial charge in [-0.15, -0.1) is 0 Å². The van der Waals surface area contributed by atoms with Crippen LogP contribution in [0.1, 0.15) is 50.0 Å². The van der Waals surface area contributed by atoms with E-state index in [1.54, 1.807) is 0 Å². The molecule has 19 heavy (non-hydrogen) atoms. The van der Waals surface area contributed by atoms with Gasteiger partial charge in [0.15, 0.2) is 6.61 Å². The lowest BCUT2D eigenvalue weighted by molar-refractivity contribution is 0.284. The van der Waals surface area contributed by atoms with Gasteiger partial charge in [0.1, 0.15) is 5.75 Å². The Morgan fingerprint density at radius 2 is 2.11 bits per heavy atom. The molecule has 0 fully saturated rings. The standard InChI is InChI=1S/C14H19N3O2/c1-9(2)14-16-13(17-19-14)8-18-12-6-4-5-11(7-12)10(3)15/h4-7,9-10H,8,15H2,1-3H3/t10-/m0/s1. The maximum absolute atomic E-state index is 5.83. The summed E-state index contributed by atoms with van der Waals surface area (Å²) in [7, 11) is 0. The minimum atomic E-state index is -0.0127. The maximum atomic E-state index is 5.83. The Morgan fingerprint density at radius 3 is 2.74 bits per heavy atom. The summed E-state index contributed by atoms with van der Waals surface area (Å²) in [6.45, 7) is 6.24. The lowest BCUT2D eigenvalue weighted by Gasteiger charge is -2.08. The highest BCUT2D eigenvalue weighted by Gasteiger charge is 2.10. The van der Waals surface area contributed by atoms with Gasteiger partial charge in [-0.1, -0.05) is 31.1 Å². The summed E-state index contributed by atoms with van der Waals surface area (Å²) >= 11 is 0. The van der Waals surface area contributed by atoms with E-state index in [4.69, 9.17) is 15.0 Å². The van der Waals surface area contributed by atoms with Crippen molar-refractivity contribution in [2.75, 3.05) is 0 Å². The molecule has 1 heterocycles. The molecule has 1 aromatic carbocycles. The summed E-state index contributed by atoms with van der Waals surface area (Å²) in [5, 5.41) is 3.87. The zero-order valence-electron chi connectivity index (χ0n) is 11.5. The molecule has 0 bridgehead atoms. The minimum absolute atomic E-state index is 0.0127. The molecule has 0 aliphatic carbocycles. The maximum Gasteiger partial charge on any atom is 0.229 e. The molecular formula is C14H19N3O2.